The molecule has 7 rings (SSSR count). The minimum absolute atomic E-state index is 0. The highest BCUT2D eigenvalue weighted by atomic mass is 15.2. The minimum atomic E-state index is 0. The van der Waals surface area contributed by atoms with Gasteiger partial charge in [-0.15, -0.1) is 0 Å². The van der Waals surface area contributed by atoms with Gasteiger partial charge in [-0.1, -0.05) is 314 Å². The maximum absolute atomic E-state index is 2.52. The molecule has 0 aromatic heterocycles. The Bertz CT molecular complexity index is 1040. The van der Waals surface area contributed by atoms with Gasteiger partial charge in [0.05, 0.1) is 0 Å². The molecular weight excluding hydrogens is 1030 g/mol. The monoisotopic (exact) mass is 1210 g/mol. The Morgan fingerprint density at radius 1 is 0.318 bits per heavy atom. The van der Waals surface area contributed by atoms with Crippen LogP contribution in [0.4, 0.5) is 0 Å². The Morgan fingerprint density at radius 2 is 0.565 bits per heavy atom. The van der Waals surface area contributed by atoms with Crippen molar-refractivity contribution in [1.29, 1.82) is 0 Å². The summed E-state index contributed by atoms with van der Waals surface area (Å²) < 4.78 is 0. The molecule has 5 aliphatic heterocycles. The van der Waals surface area contributed by atoms with E-state index in [1.165, 1.54) is 283 Å². The van der Waals surface area contributed by atoms with Crippen molar-refractivity contribution in [3.63, 3.8) is 0 Å². The van der Waals surface area contributed by atoms with Crippen LogP contribution in [0.5, 0.6) is 0 Å². The van der Waals surface area contributed by atoms with Crippen LogP contribution >= 0.6 is 0 Å². The average molecular weight is 1210 g/mol. The van der Waals surface area contributed by atoms with Gasteiger partial charge in [0.2, 0.25) is 0 Å². The fourth-order valence-corrected chi connectivity index (χ4v) is 9.02. The van der Waals surface area contributed by atoms with Crippen molar-refractivity contribution >= 4 is 0 Å². The molecule has 1 saturated carbocycles. The highest BCUT2D eigenvalue weighted by molar-refractivity contribution is 5.20. The van der Waals surface area contributed by atoms with Gasteiger partial charge < -0.3 is 29.4 Å². The summed E-state index contributed by atoms with van der Waals surface area (Å²) in [5.41, 5.74) is 2.76. The van der Waals surface area contributed by atoms with E-state index in [4.69, 9.17) is 0 Å². The van der Waals surface area contributed by atoms with Crippen LogP contribution in [0, 0.1) is 24.7 Å². The van der Waals surface area contributed by atoms with Crippen molar-refractivity contribution in [2.45, 2.75) is 348 Å². The SMILES string of the molecule is C.C.C.C.CCC.CCC.CCC.CCC1CCC(C)CC1.CCC1CCN(C)CC1.CCCC.CCCC.CCCC.CCN1CCCCC1.CCN1CCCCC1.CCN1CCCCC1.CCN1CCN(C)CC1.CCc1ccc(C)cc1. The summed E-state index contributed by atoms with van der Waals surface area (Å²) in [5.74, 6) is 3.12. The van der Waals surface area contributed by atoms with Gasteiger partial charge in [0, 0.05) is 26.2 Å². The van der Waals surface area contributed by atoms with E-state index < -0.39 is 0 Å². The van der Waals surface area contributed by atoms with E-state index in [0.717, 1.165) is 24.2 Å². The molecule has 0 atom stereocenters. The maximum Gasteiger partial charge on any atom is 0.0110 e. The molecule has 0 N–H and O–H groups in total. The molecule has 524 valence electrons. The van der Waals surface area contributed by atoms with Crippen LogP contribution in [0.15, 0.2) is 24.3 Å². The third-order valence-corrected chi connectivity index (χ3v) is 15.9. The molecule has 6 aliphatic rings. The number of piperazine rings is 1. The van der Waals surface area contributed by atoms with E-state index in [1.54, 1.807) is 0 Å². The second-order valence-corrected chi connectivity index (χ2v) is 24.4. The van der Waals surface area contributed by atoms with Crippen LogP contribution in [0.25, 0.3) is 0 Å². The number of nitrogens with zero attached hydrogens (tertiary/aromatic N) is 6. The predicted molar refractivity (Wildman–Crippen MR) is 407 cm³/mol. The number of likely N-dealkylation sites (tertiary alicyclic amines) is 4. The van der Waals surface area contributed by atoms with E-state index >= 15 is 0 Å². The van der Waals surface area contributed by atoms with Crippen LogP contribution in [-0.4, -0.2) is 148 Å². The summed E-state index contributed by atoms with van der Waals surface area (Å²) in [7, 11) is 4.40. The van der Waals surface area contributed by atoms with Gasteiger partial charge in [-0.3, -0.25) is 0 Å². The van der Waals surface area contributed by atoms with E-state index in [1.807, 2.05) is 0 Å². The van der Waals surface area contributed by atoms with Crippen molar-refractivity contribution in [1.82, 2.24) is 29.4 Å². The zero-order valence-electron chi connectivity index (χ0n) is 61.1. The highest BCUT2D eigenvalue weighted by Gasteiger charge is 2.16. The molecule has 0 radical (unpaired) electrons. The third kappa shape index (κ3) is 85.1. The molecule has 0 bridgehead atoms. The molecule has 0 spiro atoms. The zero-order valence-corrected chi connectivity index (χ0v) is 61.1. The lowest BCUT2D eigenvalue weighted by Crippen LogP contribution is -2.44. The molecule has 0 amide bonds. The summed E-state index contributed by atoms with van der Waals surface area (Å²) in [6.07, 6.45) is 37.3. The Balaban J connectivity index is -0.0000000909. The van der Waals surface area contributed by atoms with Crippen molar-refractivity contribution in [3.8, 4) is 0 Å². The van der Waals surface area contributed by atoms with Crippen LogP contribution in [-0.2, 0) is 6.42 Å². The molecule has 5 saturated heterocycles. The van der Waals surface area contributed by atoms with E-state index in [9.17, 15) is 0 Å². The number of aryl methyl sites for hydroxylation is 2. The molecule has 85 heavy (non-hydrogen) atoms. The predicted octanol–water partition coefficient (Wildman–Crippen LogP) is 24.5. The summed E-state index contributed by atoms with van der Waals surface area (Å²) in [5, 5.41) is 0. The fourth-order valence-electron chi connectivity index (χ4n) is 9.02. The van der Waals surface area contributed by atoms with Crippen molar-refractivity contribution < 1.29 is 0 Å². The number of benzene rings is 1. The lowest BCUT2D eigenvalue weighted by Gasteiger charge is -2.31. The summed E-state index contributed by atoms with van der Waals surface area (Å²) in [4.78, 5) is 14.8. The van der Waals surface area contributed by atoms with E-state index in [0.29, 0.717) is 0 Å². The maximum atomic E-state index is 2.52. The van der Waals surface area contributed by atoms with Gasteiger partial charge in [-0.25, -0.2) is 0 Å². The van der Waals surface area contributed by atoms with Gasteiger partial charge in [0.25, 0.3) is 0 Å². The largest absolute Gasteiger partial charge is 0.306 e. The van der Waals surface area contributed by atoms with Crippen LogP contribution < -0.4 is 0 Å². The second kappa shape index (κ2) is 89.4. The first-order valence-electron chi connectivity index (χ1n) is 36.4. The quantitative estimate of drug-likeness (QED) is 0.231. The lowest BCUT2D eigenvalue weighted by atomic mass is 9.82. The molecule has 0 unspecified atom stereocenters. The number of hydrogen-bond donors (Lipinski definition) is 0. The van der Waals surface area contributed by atoms with Crippen molar-refractivity contribution in [2.24, 2.45) is 17.8 Å². The normalized spacial score (nSPS) is 18.5. The molecular formula is C79H178N6. The smallest absolute Gasteiger partial charge is 0.0110 e. The Hall–Kier alpha value is -1.02. The first-order chi connectivity index (χ1) is 39.1. The Morgan fingerprint density at radius 3 is 0.788 bits per heavy atom. The summed E-state index contributed by atoms with van der Waals surface area (Å²) in [6.45, 7) is 66.7. The molecule has 6 fully saturated rings. The first-order valence-corrected chi connectivity index (χ1v) is 36.4. The number of rotatable bonds is 10. The lowest BCUT2D eigenvalue weighted by molar-refractivity contribution is 0.160. The van der Waals surface area contributed by atoms with Gasteiger partial charge in [0.1, 0.15) is 0 Å². The van der Waals surface area contributed by atoms with E-state index in [2.05, 4.69) is 213 Å². The third-order valence-electron chi connectivity index (χ3n) is 15.9. The van der Waals surface area contributed by atoms with Gasteiger partial charge >= 0.3 is 0 Å². The van der Waals surface area contributed by atoms with Crippen molar-refractivity contribution in [3.05, 3.63) is 35.4 Å². The second-order valence-electron chi connectivity index (χ2n) is 24.4. The molecule has 1 aromatic rings. The topological polar surface area (TPSA) is 19.4 Å². The molecule has 5 heterocycles. The zero-order chi connectivity index (χ0) is 62.6. The number of unbranched alkanes of at least 4 members (excludes halogenated alkanes) is 3. The molecule has 6 nitrogen and oxygen atoms in total. The fraction of sp³-hybridized carbons (Fsp3) is 0.924. The summed E-state index contributed by atoms with van der Waals surface area (Å²) >= 11 is 0. The highest BCUT2D eigenvalue weighted by Crippen LogP contribution is 2.29. The number of likely N-dealkylation sites (N-methyl/N-ethyl adjacent to an activating group) is 2. The Kier molecular flexibility index (Phi) is 111. The minimum Gasteiger partial charge on any atom is -0.306 e. The van der Waals surface area contributed by atoms with Crippen molar-refractivity contribution in [2.75, 3.05) is 119 Å². The summed E-state index contributed by atoms with van der Waals surface area (Å²) in [6, 6.07) is 8.66. The Labute approximate surface area is 547 Å². The van der Waals surface area contributed by atoms with Crippen LogP contribution in [0.3, 0.4) is 0 Å². The van der Waals surface area contributed by atoms with Gasteiger partial charge in [0.15, 0.2) is 0 Å². The van der Waals surface area contributed by atoms with Crippen LogP contribution in [0.2, 0.25) is 0 Å². The average Bonchev–Trinajstić information content (AvgIpc) is 3.53. The number of piperidine rings is 4. The van der Waals surface area contributed by atoms with Crippen LogP contribution in [0.1, 0.15) is 346 Å². The first kappa shape index (κ1) is 106. The molecule has 1 aliphatic carbocycles. The van der Waals surface area contributed by atoms with Gasteiger partial charge in [-0.05, 0) is 181 Å². The standard InChI is InChI=1S/C9H18.C9H12.C8H17N.C7H16N2.3C7H15N.3C4H10.3C3H8.4CH4/c2*1-3-9-6-4-8(2)5-7-9;1-3-8-4-6-9(2)7-5-8;1-3-9-6-4-8(2)5-7-9;3*1-2-8-6-4-3-5-7-8;3*1-3-4-2;3*1-3-2;;;;/h8-9H,3-7H2,1-2H3;4-7H,3H2,1-2H3;8H,3-7H2,1-2H3;3-7H2,1-2H3;3*2-7H2,1H3;3*3-4H2,1-2H3;3*3H2,1-2H3;4*1H4. The van der Waals surface area contributed by atoms with E-state index in [-0.39, 0.29) is 29.7 Å². The number of hydrogen-bond acceptors (Lipinski definition) is 6. The molecule has 6 heteroatoms. The van der Waals surface area contributed by atoms with Gasteiger partial charge in [-0.2, -0.15) is 0 Å². The molecule has 1 aromatic carbocycles.